The molecule has 2 aromatic carbocycles. The Morgan fingerprint density at radius 2 is 0.760 bits per heavy atom. The predicted octanol–water partition coefficient (Wildman–Crippen LogP) is 20.9. The number of ether oxygens (including phenoxy) is 3. The SMILES string of the molecule is C.C.C.C.CCOC[C@]12CC[C@@](C)(O)C[C@@H]1CC[C@H]1[C@@H]3CC[C@H](C(=O)CBr)[C@@]3(C)CC[C@@H]12.CCOC[C@]12CC[C@@](C)(O)C[C@@H]1CC[C@H]1[C@@H]3CC[C@H](C(=O)CN(C)c4ccccc4)[C@@]3(C)CC[C@@H]12.CCOC[C@]12CC[C@@](C)(O)C[C@@H]1CC[C@H]1[C@@H]3CC[C@H](C(C)=O)[C@@]3(C)CC[C@@H]12.CCc1ccccc1.CO. The van der Waals surface area contributed by atoms with Crippen molar-refractivity contribution in [3.05, 3.63) is 66.2 Å². The molecule has 14 rings (SSSR count). The fraction of sp³-hybridized carbons (Fsp3) is 0.837. The summed E-state index contributed by atoms with van der Waals surface area (Å²) in [4.78, 5) is 40.8. The largest absolute Gasteiger partial charge is 0.400 e. The van der Waals surface area contributed by atoms with Crippen LogP contribution in [-0.2, 0) is 35.0 Å². The fourth-order valence-electron chi connectivity index (χ4n) is 27.1. The van der Waals surface area contributed by atoms with Crippen molar-refractivity contribution in [2.45, 2.75) is 302 Å². The lowest BCUT2D eigenvalue weighted by atomic mass is 9.43. The van der Waals surface area contributed by atoms with Crippen molar-refractivity contribution >= 4 is 39.0 Å². The molecule has 2 aromatic rings. The number of halogens is 1. The number of para-hydroxylation sites is 1. The van der Waals surface area contributed by atoms with Crippen molar-refractivity contribution in [1.29, 1.82) is 0 Å². The van der Waals surface area contributed by atoms with Crippen molar-refractivity contribution in [3.63, 3.8) is 0 Å². The van der Waals surface area contributed by atoms with Gasteiger partial charge in [0.2, 0.25) is 0 Å². The van der Waals surface area contributed by atoms with Gasteiger partial charge in [-0.3, -0.25) is 14.4 Å². The average Bonchev–Trinajstić information content (AvgIpc) is 1.42. The zero-order valence-electron chi connectivity index (χ0n) is 65.0. The van der Waals surface area contributed by atoms with Crippen molar-refractivity contribution in [1.82, 2.24) is 0 Å². The second kappa shape index (κ2) is 37.2. The number of Topliss-reactive ketones (excluding diaryl/α,β-unsaturated/α-hetero) is 3. The molecule has 12 fully saturated rings. The van der Waals surface area contributed by atoms with Crippen molar-refractivity contribution < 1.29 is 49.0 Å². The van der Waals surface area contributed by atoms with Gasteiger partial charge in [0.25, 0.3) is 0 Å². The Morgan fingerprint density at radius 3 is 1.08 bits per heavy atom. The molecule has 0 radical (unpaired) electrons. The van der Waals surface area contributed by atoms with Crippen molar-refractivity contribution in [2.24, 2.45) is 121 Å². The third-order valence-corrected chi connectivity index (χ3v) is 32.5. The first kappa shape index (κ1) is 90.3. The number of aliphatic hydroxyl groups is 4. The molecule has 0 unspecified atom stereocenters. The molecule has 12 heteroatoms. The van der Waals surface area contributed by atoms with Crippen LogP contribution in [0.2, 0.25) is 0 Å². The Hall–Kier alpha value is -2.55. The van der Waals surface area contributed by atoms with Crippen molar-refractivity contribution in [2.75, 3.05) is 70.6 Å². The van der Waals surface area contributed by atoms with Gasteiger partial charge in [-0.25, -0.2) is 0 Å². The minimum absolute atomic E-state index is 0. The molecule has 0 spiro atoms. The van der Waals surface area contributed by atoms with Crippen molar-refractivity contribution in [3.8, 4) is 0 Å². The average molecular weight is 1520 g/mol. The summed E-state index contributed by atoms with van der Waals surface area (Å²) >= 11 is 3.44. The molecule has 0 saturated heterocycles. The van der Waals surface area contributed by atoms with Crippen LogP contribution in [0, 0.1) is 121 Å². The van der Waals surface area contributed by atoms with Gasteiger partial charge in [-0.1, -0.05) is 122 Å². The minimum atomic E-state index is -0.522. The molecule has 596 valence electrons. The van der Waals surface area contributed by atoms with Gasteiger partial charge in [0.05, 0.1) is 48.5 Å². The molecule has 0 aliphatic heterocycles. The van der Waals surface area contributed by atoms with E-state index in [4.69, 9.17) is 19.3 Å². The van der Waals surface area contributed by atoms with E-state index in [2.05, 4.69) is 113 Å². The van der Waals surface area contributed by atoms with E-state index >= 15 is 0 Å². The monoisotopic (exact) mass is 1510 g/mol. The summed E-state index contributed by atoms with van der Waals surface area (Å²) in [7, 11) is 3.05. The summed E-state index contributed by atoms with van der Waals surface area (Å²) < 4.78 is 18.4. The van der Waals surface area contributed by atoms with Gasteiger partial charge < -0.3 is 39.5 Å². The first-order chi connectivity index (χ1) is 47.6. The normalized spacial score (nSPS) is 42.2. The van der Waals surface area contributed by atoms with Gasteiger partial charge in [0.1, 0.15) is 11.6 Å². The zero-order chi connectivity index (χ0) is 72.3. The molecule has 12 saturated carbocycles. The minimum Gasteiger partial charge on any atom is -0.400 e. The first-order valence-corrected chi connectivity index (χ1v) is 42.0. The number of anilines is 1. The maximum absolute atomic E-state index is 13.7. The van der Waals surface area contributed by atoms with E-state index in [1.54, 1.807) is 0 Å². The number of ketones is 3. The number of hydrogen-bond acceptors (Lipinski definition) is 11. The Labute approximate surface area is 644 Å². The Morgan fingerprint density at radius 1 is 0.433 bits per heavy atom. The molecule has 24 atom stereocenters. The van der Waals surface area contributed by atoms with E-state index in [0.717, 1.165) is 154 Å². The quantitative estimate of drug-likeness (QED) is 0.112. The summed E-state index contributed by atoms with van der Waals surface area (Å²) in [5.74, 6) is 10.2. The van der Waals surface area contributed by atoms with Crippen LogP contribution in [0.1, 0.15) is 285 Å². The van der Waals surface area contributed by atoms with Crippen LogP contribution in [0.15, 0.2) is 60.7 Å². The summed E-state index contributed by atoms with van der Waals surface area (Å²) in [6.07, 6.45) is 31.8. The van der Waals surface area contributed by atoms with Crippen LogP contribution in [0.3, 0.4) is 0 Å². The molecule has 0 aromatic heterocycles. The van der Waals surface area contributed by atoms with Gasteiger partial charge >= 0.3 is 0 Å². The van der Waals surface area contributed by atoms with Crippen LogP contribution in [0.5, 0.6) is 0 Å². The summed E-state index contributed by atoms with van der Waals surface area (Å²) in [5, 5.41) is 40.0. The lowest BCUT2D eigenvalue weighted by Gasteiger charge is -2.62. The van der Waals surface area contributed by atoms with E-state index in [1.165, 1.54) is 102 Å². The summed E-state index contributed by atoms with van der Waals surface area (Å²) in [5.41, 5.74) is 2.30. The second-order valence-electron chi connectivity index (χ2n) is 36.9. The molecule has 0 bridgehead atoms. The van der Waals surface area contributed by atoms with Gasteiger partial charge in [-0.2, -0.15) is 0 Å². The molecule has 12 aliphatic rings. The lowest BCUT2D eigenvalue weighted by Crippen LogP contribution is -2.58. The predicted molar refractivity (Wildman–Crippen MR) is 435 cm³/mol. The summed E-state index contributed by atoms with van der Waals surface area (Å²) in [6, 6.07) is 20.8. The van der Waals surface area contributed by atoms with Gasteiger partial charge in [0.15, 0.2) is 5.78 Å². The van der Waals surface area contributed by atoms with Crippen LogP contribution in [0.25, 0.3) is 0 Å². The number of benzene rings is 2. The molecule has 0 amide bonds. The third-order valence-electron chi connectivity index (χ3n) is 31.9. The topological polar surface area (TPSA) is 163 Å². The highest BCUT2D eigenvalue weighted by Crippen LogP contribution is 2.72. The number of aliphatic hydroxyl groups excluding tert-OH is 1. The summed E-state index contributed by atoms with van der Waals surface area (Å²) in [6.45, 7) is 29.2. The standard InChI is InChI=1S/C31H47NO3.C24H39BrO3.C24H40O3.C8H10.CH4O.4CH4/c1-5-35-21-31-18-17-29(2,34)19-22(31)11-12-24-25-13-14-27(30(25,3)16-15-26(24)31)28(33)20-32(4)23-9-7-6-8-10-23;1-4-28-15-24-12-11-22(2,27)13-16(24)5-6-17-18-7-8-20(21(26)14-25)23(18,3)10-9-19(17)24;1-5-27-15-24-13-12-22(3,26)14-17(24)6-7-18-20-9-8-19(16(2)25)23(20,4)11-10-21(18)24;1-2-8-6-4-3-5-7-8;1-2;;;;/h6-10,22,24-27,34H,5,11-21H2,1-4H3;16-20,27H,4-15H2,1-3H3;17-21,26H,5-15H2,1-4H3;3-7H,2H2,1H3;2H,1H3;4*1H4/t22-,24-,25-,26-,27+,29+,30-,31+;16-,17-,18-,19-,20+,22+,23-,24+;17-,18-,19+,20-,21-,22+,23+,24+;;;;;;/m000....../s1. The highest BCUT2D eigenvalue weighted by atomic mass is 79.9. The fourth-order valence-corrected chi connectivity index (χ4v) is 27.5. The Balaban J connectivity index is 0.000000227. The number of carbonyl (C=O) groups is 3. The number of hydrogen-bond donors (Lipinski definition) is 4. The molecule has 12 aliphatic carbocycles. The number of likely N-dealkylation sites (N-methyl/N-ethyl adjacent to an activating group) is 1. The van der Waals surface area contributed by atoms with E-state index in [1.807, 2.05) is 52.0 Å². The molecule has 0 heterocycles. The highest BCUT2D eigenvalue weighted by molar-refractivity contribution is 9.09. The number of carbonyl (C=O) groups excluding carboxylic acids is 3. The molecule has 104 heavy (non-hydrogen) atoms. The van der Waals surface area contributed by atoms with E-state index < -0.39 is 16.8 Å². The molecule has 4 N–H and O–H groups in total. The Kier molecular flexibility index (Phi) is 32.3. The van der Waals surface area contributed by atoms with E-state index in [-0.39, 0.29) is 80.0 Å². The maximum atomic E-state index is 13.7. The molecular formula is C92H156BrNO10. The van der Waals surface area contributed by atoms with Crippen LogP contribution in [0.4, 0.5) is 5.69 Å². The van der Waals surface area contributed by atoms with E-state index in [0.29, 0.717) is 82.5 Å². The number of rotatable bonds is 17. The smallest absolute Gasteiger partial charge is 0.155 e. The van der Waals surface area contributed by atoms with Crippen LogP contribution in [-0.4, -0.2) is 120 Å². The third kappa shape index (κ3) is 17.8. The first-order valence-electron chi connectivity index (χ1n) is 40.9. The van der Waals surface area contributed by atoms with E-state index in [9.17, 15) is 29.7 Å². The van der Waals surface area contributed by atoms with Gasteiger partial charge in [-0.15, -0.1) is 0 Å². The number of aryl methyl sites for hydroxylation is 1. The van der Waals surface area contributed by atoms with Gasteiger partial charge in [-0.05, 0) is 349 Å². The Bertz CT molecular complexity index is 2980. The number of alkyl halides is 1. The number of fused-ring (bicyclic) bond motifs is 15. The zero-order valence-corrected chi connectivity index (χ0v) is 66.5. The highest BCUT2D eigenvalue weighted by Gasteiger charge is 2.67. The number of nitrogens with zero attached hydrogens (tertiary/aromatic N) is 1. The lowest BCUT2D eigenvalue weighted by molar-refractivity contribution is -0.178. The molecule has 11 nitrogen and oxygen atoms in total. The second-order valence-corrected chi connectivity index (χ2v) is 37.5. The van der Waals surface area contributed by atoms with Gasteiger partial charge in [0, 0.05) is 57.4 Å². The van der Waals surface area contributed by atoms with Crippen LogP contribution < -0.4 is 4.90 Å². The maximum Gasteiger partial charge on any atom is 0.155 e. The van der Waals surface area contributed by atoms with Crippen LogP contribution >= 0.6 is 15.9 Å². The molecular weight excluding hydrogens is 1360 g/mol.